The Bertz CT molecular complexity index is 732. The Balaban J connectivity index is 1.45. The predicted octanol–water partition coefficient (Wildman–Crippen LogP) is 3.38. The lowest BCUT2D eigenvalue weighted by molar-refractivity contribution is -0.116. The molecule has 2 aromatic heterocycles. The highest BCUT2D eigenvalue weighted by Gasteiger charge is 2.09. The molecule has 2 aromatic rings. The molecule has 0 saturated carbocycles. The quantitative estimate of drug-likeness (QED) is 0.634. The van der Waals surface area contributed by atoms with Gasteiger partial charge in [0.2, 0.25) is 5.91 Å². The average Bonchev–Trinajstić information content (AvgIpc) is 2.77. The summed E-state index contributed by atoms with van der Waals surface area (Å²) < 4.78 is 1.87. The highest BCUT2D eigenvalue weighted by Crippen LogP contribution is 2.18. The number of carbonyl (C=O) groups is 1. The number of carbonyl (C=O) groups excluding carboxylic acids is 1. The van der Waals surface area contributed by atoms with Crippen LogP contribution in [0.25, 0.3) is 11.7 Å². The van der Waals surface area contributed by atoms with Gasteiger partial charge in [-0.2, -0.15) is 0 Å². The topological polar surface area (TPSA) is 49.6 Å². The van der Waals surface area contributed by atoms with Crippen molar-refractivity contribution in [2.45, 2.75) is 32.1 Å². The first-order chi connectivity index (χ1) is 12.2. The van der Waals surface area contributed by atoms with Crippen LogP contribution in [0.2, 0.25) is 5.15 Å². The van der Waals surface area contributed by atoms with Gasteiger partial charge in [0.05, 0.1) is 5.69 Å². The van der Waals surface area contributed by atoms with E-state index in [1.165, 1.54) is 44.8 Å². The minimum absolute atomic E-state index is 0.0992. The minimum Gasteiger partial charge on any atom is -0.353 e. The van der Waals surface area contributed by atoms with Crippen LogP contribution in [0.1, 0.15) is 37.8 Å². The van der Waals surface area contributed by atoms with E-state index in [1.807, 2.05) is 28.8 Å². The predicted molar refractivity (Wildman–Crippen MR) is 102 cm³/mol. The molecule has 0 unspecified atom stereocenters. The Hall–Kier alpha value is -1.85. The smallest absolute Gasteiger partial charge is 0.244 e. The number of aromatic nitrogens is 2. The van der Waals surface area contributed by atoms with E-state index >= 15 is 0 Å². The van der Waals surface area contributed by atoms with Crippen LogP contribution in [0.4, 0.5) is 0 Å². The molecule has 0 bridgehead atoms. The Labute approximate surface area is 153 Å². The van der Waals surface area contributed by atoms with E-state index in [-0.39, 0.29) is 5.91 Å². The van der Waals surface area contributed by atoms with E-state index in [2.05, 4.69) is 15.2 Å². The summed E-state index contributed by atoms with van der Waals surface area (Å²) >= 11 is 6.16. The zero-order valence-electron chi connectivity index (χ0n) is 14.5. The summed E-state index contributed by atoms with van der Waals surface area (Å²) in [4.78, 5) is 18.8. The summed E-state index contributed by atoms with van der Waals surface area (Å²) in [5.41, 5.74) is 1.49. The Kier molecular flexibility index (Phi) is 6.48. The number of likely N-dealkylation sites (tertiary alicyclic amines) is 1. The summed E-state index contributed by atoms with van der Waals surface area (Å²) in [5.74, 6) is -0.0992. The first kappa shape index (κ1) is 18.0. The lowest BCUT2D eigenvalue weighted by Crippen LogP contribution is -2.30. The average molecular weight is 361 g/mol. The van der Waals surface area contributed by atoms with Gasteiger partial charge in [0.1, 0.15) is 5.65 Å². The van der Waals surface area contributed by atoms with Crippen LogP contribution in [-0.2, 0) is 4.79 Å². The zero-order valence-corrected chi connectivity index (χ0v) is 15.2. The van der Waals surface area contributed by atoms with Gasteiger partial charge in [0.15, 0.2) is 5.15 Å². The molecule has 0 spiro atoms. The number of hydrogen-bond donors (Lipinski definition) is 1. The van der Waals surface area contributed by atoms with Crippen molar-refractivity contribution in [2.24, 2.45) is 0 Å². The van der Waals surface area contributed by atoms with E-state index in [0.29, 0.717) is 11.7 Å². The van der Waals surface area contributed by atoms with Crippen molar-refractivity contribution in [1.29, 1.82) is 0 Å². The van der Waals surface area contributed by atoms with E-state index < -0.39 is 0 Å². The van der Waals surface area contributed by atoms with E-state index in [4.69, 9.17) is 11.6 Å². The van der Waals surface area contributed by atoms with Crippen molar-refractivity contribution < 1.29 is 4.79 Å². The number of hydrogen-bond acceptors (Lipinski definition) is 3. The number of imidazole rings is 1. The largest absolute Gasteiger partial charge is 0.353 e. The summed E-state index contributed by atoms with van der Waals surface area (Å²) in [6.07, 6.45) is 11.4. The normalized spacial score (nSPS) is 16.4. The van der Waals surface area contributed by atoms with Crippen LogP contribution in [0.3, 0.4) is 0 Å². The second-order valence-corrected chi connectivity index (χ2v) is 6.81. The summed E-state index contributed by atoms with van der Waals surface area (Å²) in [6, 6.07) is 5.69. The van der Waals surface area contributed by atoms with Gasteiger partial charge in [-0.1, -0.05) is 30.5 Å². The Morgan fingerprint density at radius 1 is 1.24 bits per heavy atom. The van der Waals surface area contributed by atoms with Crippen LogP contribution in [0, 0.1) is 0 Å². The number of halogens is 1. The standard InChI is InChI=1S/C19H25ClN4O/c20-19-16(24-15-6-3-8-17(24)22-19)9-10-18(25)21-11-7-14-23-12-4-1-2-5-13-23/h3,6,8-10,15H,1-2,4-5,7,11-14H2,(H,21,25)/b10-9+. The molecule has 3 rings (SSSR count). The number of nitrogens with zero attached hydrogens (tertiary/aromatic N) is 3. The van der Waals surface area contributed by atoms with E-state index in [1.54, 1.807) is 6.08 Å². The molecular weight excluding hydrogens is 336 g/mol. The molecule has 0 radical (unpaired) electrons. The second-order valence-electron chi connectivity index (χ2n) is 6.45. The van der Waals surface area contributed by atoms with Gasteiger partial charge >= 0.3 is 0 Å². The van der Waals surface area contributed by atoms with Crippen molar-refractivity contribution in [3.8, 4) is 0 Å². The zero-order chi connectivity index (χ0) is 17.5. The molecule has 1 amide bonds. The SMILES string of the molecule is O=C(/C=C/c1c(Cl)nc2ccccn12)NCCCN1CCCCCC1. The van der Waals surface area contributed by atoms with Crippen LogP contribution in [-0.4, -0.2) is 46.4 Å². The molecule has 5 nitrogen and oxygen atoms in total. The Morgan fingerprint density at radius 3 is 2.84 bits per heavy atom. The molecule has 1 fully saturated rings. The lowest BCUT2D eigenvalue weighted by atomic mass is 10.2. The van der Waals surface area contributed by atoms with Crippen molar-refractivity contribution in [1.82, 2.24) is 19.6 Å². The summed E-state index contributed by atoms with van der Waals surface area (Å²) in [5, 5.41) is 3.34. The number of rotatable bonds is 6. The molecule has 134 valence electrons. The fourth-order valence-corrected chi connectivity index (χ4v) is 3.46. The van der Waals surface area contributed by atoms with Crippen molar-refractivity contribution in [2.75, 3.05) is 26.2 Å². The maximum absolute atomic E-state index is 12.0. The van der Waals surface area contributed by atoms with Gasteiger partial charge < -0.3 is 10.2 Å². The molecule has 0 aliphatic carbocycles. The fourth-order valence-electron chi connectivity index (χ4n) is 3.22. The number of amides is 1. The van der Waals surface area contributed by atoms with E-state index in [9.17, 15) is 4.79 Å². The van der Waals surface area contributed by atoms with Crippen LogP contribution >= 0.6 is 11.6 Å². The number of fused-ring (bicyclic) bond motifs is 1. The van der Waals surface area contributed by atoms with E-state index in [0.717, 1.165) is 24.3 Å². The molecule has 6 heteroatoms. The molecule has 1 N–H and O–H groups in total. The van der Waals surface area contributed by atoms with Gasteiger partial charge in [0, 0.05) is 18.8 Å². The van der Waals surface area contributed by atoms with Crippen LogP contribution < -0.4 is 5.32 Å². The van der Waals surface area contributed by atoms with Crippen LogP contribution in [0.5, 0.6) is 0 Å². The number of nitrogens with one attached hydrogen (secondary N) is 1. The first-order valence-corrected chi connectivity index (χ1v) is 9.43. The summed E-state index contributed by atoms with van der Waals surface area (Å²) in [6.45, 7) is 4.14. The molecule has 1 aliphatic rings. The van der Waals surface area contributed by atoms with Gasteiger partial charge in [-0.15, -0.1) is 0 Å². The van der Waals surface area contributed by atoms with Gasteiger partial charge in [-0.05, 0) is 57.1 Å². The number of pyridine rings is 1. The molecule has 3 heterocycles. The third-order valence-electron chi connectivity index (χ3n) is 4.56. The van der Waals surface area contributed by atoms with Gasteiger partial charge in [0.25, 0.3) is 0 Å². The van der Waals surface area contributed by atoms with Crippen molar-refractivity contribution in [3.63, 3.8) is 0 Å². The second kappa shape index (κ2) is 9.02. The Morgan fingerprint density at radius 2 is 2.04 bits per heavy atom. The lowest BCUT2D eigenvalue weighted by Gasteiger charge is -2.19. The minimum atomic E-state index is -0.0992. The van der Waals surface area contributed by atoms with Crippen molar-refractivity contribution >= 4 is 29.2 Å². The molecule has 0 aromatic carbocycles. The van der Waals surface area contributed by atoms with Crippen molar-refractivity contribution in [3.05, 3.63) is 41.3 Å². The molecule has 1 aliphatic heterocycles. The maximum atomic E-state index is 12.0. The molecular formula is C19H25ClN4O. The summed E-state index contributed by atoms with van der Waals surface area (Å²) in [7, 11) is 0. The highest BCUT2D eigenvalue weighted by atomic mass is 35.5. The van der Waals surface area contributed by atoms with Gasteiger partial charge in [-0.25, -0.2) is 4.98 Å². The molecule has 1 saturated heterocycles. The third-order valence-corrected chi connectivity index (χ3v) is 4.84. The highest BCUT2D eigenvalue weighted by molar-refractivity contribution is 6.31. The van der Waals surface area contributed by atoms with Gasteiger partial charge in [-0.3, -0.25) is 9.20 Å². The molecule has 0 atom stereocenters. The fraction of sp³-hybridized carbons (Fsp3) is 0.474. The maximum Gasteiger partial charge on any atom is 0.244 e. The molecule has 25 heavy (non-hydrogen) atoms. The van der Waals surface area contributed by atoms with Crippen LogP contribution in [0.15, 0.2) is 30.5 Å². The first-order valence-electron chi connectivity index (χ1n) is 9.05. The monoisotopic (exact) mass is 360 g/mol. The third kappa shape index (κ3) is 5.06.